The van der Waals surface area contributed by atoms with Gasteiger partial charge in [-0.25, -0.2) is 0 Å². The molecule has 11 heteroatoms. The summed E-state index contributed by atoms with van der Waals surface area (Å²) >= 11 is 0. The standard InChI is InChI=1S/C28H35F6N3O2/c1-35(12-6-16-38)24-10-14-37(15-11-24)25(21-7-4-3-5-8-21)26(39)36(2)13-9-20-17-22(27(29,30)31)19-23(18-20)28(32,33)34/h3-5,7-8,17-19,24-25,38H,6,9-16H2,1-2H3/t25-/m0/s1. The second-order valence-electron chi connectivity index (χ2n) is 10.1. The molecule has 2 aromatic carbocycles. The summed E-state index contributed by atoms with van der Waals surface area (Å²) in [4.78, 5) is 19.3. The summed E-state index contributed by atoms with van der Waals surface area (Å²) in [5.41, 5.74) is -2.09. The third-order valence-electron chi connectivity index (χ3n) is 7.27. The van der Waals surface area contributed by atoms with Crippen molar-refractivity contribution >= 4 is 5.91 Å². The Balaban J connectivity index is 1.75. The van der Waals surface area contributed by atoms with Crippen molar-refractivity contribution in [2.24, 2.45) is 0 Å². The summed E-state index contributed by atoms with van der Waals surface area (Å²) in [5, 5.41) is 9.11. The van der Waals surface area contributed by atoms with Crippen molar-refractivity contribution < 1.29 is 36.2 Å². The van der Waals surface area contributed by atoms with E-state index in [1.54, 1.807) is 0 Å². The third-order valence-corrected chi connectivity index (χ3v) is 7.27. The molecule has 5 nitrogen and oxygen atoms in total. The fourth-order valence-electron chi connectivity index (χ4n) is 5.01. The lowest BCUT2D eigenvalue weighted by molar-refractivity contribution is -0.143. The van der Waals surface area contributed by atoms with Crippen molar-refractivity contribution in [1.82, 2.24) is 14.7 Å². The molecule has 2 aromatic rings. The van der Waals surface area contributed by atoms with Crippen molar-refractivity contribution in [3.63, 3.8) is 0 Å². The van der Waals surface area contributed by atoms with Crippen LogP contribution in [0.4, 0.5) is 26.3 Å². The number of nitrogens with zero attached hydrogens (tertiary/aromatic N) is 3. The number of likely N-dealkylation sites (tertiary alicyclic amines) is 1. The van der Waals surface area contributed by atoms with Crippen LogP contribution in [-0.2, 0) is 23.6 Å². The van der Waals surface area contributed by atoms with Crippen LogP contribution in [0.2, 0.25) is 0 Å². The molecule has 1 heterocycles. The van der Waals surface area contributed by atoms with Gasteiger partial charge < -0.3 is 14.9 Å². The van der Waals surface area contributed by atoms with Gasteiger partial charge >= 0.3 is 12.4 Å². The fourth-order valence-corrected chi connectivity index (χ4v) is 5.01. The molecular formula is C28H35F6N3O2. The number of hydrogen-bond acceptors (Lipinski definition) is 4. The van der Waals surface area contributed by atoms with Crippen LogP contribution in [0.1, 0.15) is 47.6 Å². The first-order valence-electron chi connectivity index (χ1n) is 12.9. The monoisotopic (exact) mass is 559 g/mol. The number of aliphatic hydroxyl groups excluding tert-OH is 1. The number of aliphatic hydroxyl groups is 1. The molecule has 0 saturated carbocycles. The highest BCUT2D eigenvalue weighted by atomic mass is 19.4. The van der Waals surface area contributed by atoms with Crippen molar-refractivity contribution in [3.05, 3.63) is 70.8 Å². The topological polar surface area (TPSA) is 47.0 Å². The zero-order valence-electron chi connectivity index (χ0n) is 22.1. The molecule has 216 valence electrons. The average molecular weight is 560 g/mol. The second kappa shape index (κ2) is 13.1. The van der Waals surface area contributed by atoms with Crippen LogP contribution in [0.15, 0.2) is 48.5 Å². The predicted molar refractivity (Wildman–Crippen MR) is 136 cm³/mol. The highest BCUT2D eigenvalue weighted by Gasteiger charge is 2.37. The van der Waals surface area contributed by atoms with Gasteiger partial charge in [-0.3, -0.25) is 9.69 Å². The molecule has 1 aliphatic heterocycles. The summed E-state index contributed by atoms with van der Waals surface area (Å²) in [5.74, 6) is -0.267. The Morgan fingerprint density at radius 3 is 2.03 bits per heavy atom. The van der Waals surface area contributed by atoms with E-state index in [9.17, 15) is 31.1 Å². The van der Waals surface area contributed by atoms with Gasteiger partial charge in [0.05, 0.1) is 11.1 Å². The number of amides is 1. The maximum absolute atomic E-state index is 13.7. The Labute approximate surface area is 225 Å². The third kappa shape index (κ3) is 8.43. The van der Waals surface area contributed by atoms with E-state index in [4.69, 9.17) is 5.11 Å². The molecule has 0 spiro atoms. The van der Waals surface area contributed by atoms with Crippen LogP contribution in [0.3, 0.4) is 0 Å². The molecule has 1 N–H and O–H groups in total. The van der Waals surface area contributed by atoms with Crippen molar-refractivity contribution in [3.8, 4) is 0 Å². The van der Waals surface area contributed by atoms with Gasteiger partial charge in [0.25, 0.3) is 0 Å². The van der Waals surface area contributed by atoms with E-state index in [-0.39, 0.29) is 37.1 Å². The van der Waals surface area contributed by atoms with Crippen LogP contribution >= 0.6 is 0 Å². The molecule has 0 radical (unpaired) electrons. The molecule has 1 atom stereocenters. The van der Waals surface area contributed by atoms with Crippen molar-refractivity contribution in [2.75, 3.05) is 46.9 Å². The minimum atomic E-state index is -4.92. The summed E-state index contributed by atoms with van der Waals surface area (Å²) in [6, 6.07) is 10.4. The number of likely N-dealkylation sites (N-methyl/N-ethyl adjacent to an activating group) is 1. The zero-order chi connectivity index (χ0) is 28.8. The largest absolute Gasteiger partial charge is 0.416 e. The molecule has 0 aliphatic carbocycles. The summed E-state index contributed by atoms with van der Waals surface area (Å²) < 4.78 is 79.5. The molecular weight excluding hydrogens is 524 g/mol. The van der Waals surface area contributed by atoms with Crippen LogP contribution < -0.4 is 0 Å². The van der Waals surface area contributed by atoms with Gasteiger partial charge in [0, 0.05) is 45.9 Å². The molecule has 0 bridgehead atoms. The highest BCUT2D eigenvalue weighted by molar-refractivity contribution is 5.83. The van der Waals surface area contributed by atoms with E-state index in [0.29, 0.717) is 37.7 Å². The maximum Gasteiger partial charge on any atom is 0.416 e. The molecule has 1 saturated heterocycles. The van der Waals surface area contributed by atoms with Crippen molar-refractivity contribution in [1.29, 1.82) is 0 Å². The Hall–Kier alpha value is -2.63. The Kier molecular flexibility index (Phi) is 10.4. The van der Waals surface area contributed by atoms with Gasteiger partial charge in [0.2, 0.25) is 5.91 Å². The number of carbonyl (C=O) groups is 1. The van der Waals surface area contributed by atoms with E-state index in [1.165, 1.54) is 11.9 Å². The lowest BCUT2D eigenvalue weighted by Gasteiger charge is -2.41. The quantitative estimate of drug-likeness (QED) is 0.405. The molecule has 3 rings (SSSR count). The number of hydrogen-bond donors (Lipinski definition) is 1. The SMILES string of the molecule is CN(CCc1cc(C(F)(F)F)cc(C(F)(F)F)c1)C(=O)[C@H](c1ccccc1)N1CCC(N(C)CCCO)CC1. The summed E-state index contributed by atoms with van der Waals surface area (Å²) in [6.07, 6.45) is -7.67. The number of rotatable bonds is 10. The van der Waals surface area contributed by atoms with Crippen LogP contribution in [0.5, 0.6) is 0 Å². The van der Waals surface area contributed by atoms with Crippen LogP contribution in [-0.4, -0.2) is 78.6 Å². The van der Waals surface area contributed by atoms with Crippen LogP contribution in [0.25, 0.3) is 0 Å². The second-order valence-corrected chi connectivity index (χ2v) is 10.1. The number of halogens is 6. The average Bonchev–Trinajstić information content (AvgIpc) is 2.90. The zero-order valence-corrected chi connectivity index (χ0v) is 22.1. The van der Waals surface area contributed by atoms with Crippen molar-refractivity contribution in [2.45, 2.75) is 50.1 Å². The van der Waals surface area contributed by atoms with Gasteiger partial charge in [-0.05, 0) is 62.1 Å². The van der Waals surface area contributed by atoms with E-state index in [1.807, 2.05) is 37.4 Å². The first-order valence-corrected chi connectivity index (χ1v) is 12.9. The molecule has 1 fully saturated rings. The van der Waals surface area contributed by atoms with E-state index < -0.39 is 29.5 Å². The fraction of sp³-hybridized carbons (Fsp3) is 0.536. The van der Waals surface area contributed by atoms with Gasteiger partial charge in [-0.1, -0.05) is 30.3 Å². The lowest BCUT2D eigenvalue weighted by Crippen LogP contribution is -2.49. The first kappa shape index (κ1) is 30.9. The summed E-state index contributed by atoms with van der Waals surface area (Å²) in [7, 11) is 3.54. The van der Waals surface area contributed by atoms with Gasteiger partial charge in [-0.2, -0.15) is 26.3 Å². The minimum Gasteiger partial charge on any atom is -0.396 e. The number of alkyl halides is 6. The molecule has 1 amide bonds. The molecule has 1 aliphatic rings. The summed E-state index contributed by atoms with van der Waals surface area (Å²) in [6.45, 7) is 2.15. The number of piperidine rings is 1. The maximum atomic E-state index is 13.7. The lowest BCUT2D eigenvalue weighted by atomic mass is 9.97. The Morgan fingerprint density at radius 1 is 0.949 bits per heavy atom. The predicted octanol–water partition coefficient (Wildman–Crippen LogP) is 5.25. The minimum absolute atomic E-state index is 0.0405. The highest BCUT2D eigenvalue weighted by Crippen LogP contribution is 2.36. The van der Waals surface area contributed by atoms with E-state index in [2.05, 4.69) is 9.80 Å². The Morgan fingerprint density at radius 2 is 1.51 bits per heavy atom. The van der Waals surface area contributed by atoms with Gasteiger partial charge in [-0.15, -0.1) is 0 Å². The van der Waals surface area contributed by atoms with E-state index >= 15 is 0 Å². The molecule has 0 unspecified atom stereocenters. The smallest absolute Gasteiger partial charge is 0.396 e. The van der Waals surface area contributed by atoms with E-state index in [0.717, 1.165) is 24.9 Å². The molecule has 39 heavy (non-hydrogen) atoms. The Bertz CT molecular complexity index is 1040. The number of carbonyl (C=O) groups excluding carboxylic acids is 1. The van der Waals surface area contributed by atoms with Crippen LogP contribution in [0, 0.1) is 0 Å². The molecule has 0 aromatic heterocycles. The van der Waals surface area contributed by atoms with Gasteiger partial charge in [0.1, 0.15) is 6.04 Å². The number of benzene rings is 2. The normalized spacial score (nSPS) is 16.5. The van der Waals surface area contributed by atoms with Gasteiger partial charge in [0.15, 0.2) is 0 Å². The first-order chi connectivity index (χ1) is 18.3.